The van der Waals surface area contributed by atoms with Crippen LogP contribution in [0.1, 0.15) is 127 Å². The number of rotatable bonds is 13. The van der Waals surface area contributed by atoms with E-state index in [0.29, 0.717) is 36.3 Å². The Balaban J connectivity index is 0.000000248. The van der Waals surface area contributed by atoms with Crippen LogP contribution in [0.2, 0.25) is 0 Å². The predicted octanol–water partition coefficient (Wildman–Crippen LogP) is 8.79. The van der Waals surface area contributed by atoms with E-state index < -0.39 is 29.1 Å². The lowest BCUT2D eigenvalue weighted by Gasteiger charge is -2.18. The SMILES string of the molecule is CC(C)(C)OC(=O)C1=NCC(c2cccc(-c3ncc(C(=O)O)o3)c2)=C1.CCC(CC)NC(=O)c1cnc(-c2cccc(C3=CC(C(=O)OC(C)(C)C)=NC3)c2)o1.CCC(N)CC. The molecule has 0 saturated heterocycles. The number of aromatic carboxylic acids is 1. The number of hydrogen-bond donors (Lipinski definition) is 3. The van der Waals surface area contributed by atoms with Gasteiger partial charge < -0.3 is 34.5 Å². The van der Waals surface area contributed by atoms with E-state index in [-0.39, 0.29) is 35.1 Å². The third-order valence-electron chi connectivity index (χ3n) is 9.45. The number of carbonyl (C=O) groups excluding carboxylic acids is 3. The summed E-state index contributed by atoms with van der Waals surface area (Å²) in [4.78, 5) is 64.5. The minimum Gasteiger partial charge on any atom is -0.475 e. The zero-order valence-electron chi connectivity index (χ0n) is 37.9. The van der Waals surface area contributed by atoms with Gasteiger partial charge in [0.15, 0.2) is 0 Å². The van der Waals surface area contributed by atoms with Crippen LogP contribution in [0, 0.1) is 0 Å². The van der Waals surface area contributed by atoms with Crippen LogP contribution in [-0.2, 0) is 19.1 Å². The first-order valence-electron chi connectivity index (χ1n) is 21.1. The number of carbonyl (C=O) groups is 4. The number of nitrogens with zero attached hydrogens (tertiary/aromatic N) is 4. The van der Waals surface area contributed by atoms with E-state index in [0.717, 1.165) is 53.5 Å². The number of carboxylic acids is 1. The second-order valence-corrected chi connectivity index (χ2v) is 16.8. The number of nitrogens with two attached hydrogens (primary N) is 1. The minimum atomic E-state index is -1.17. The minimum absolute atomic E-state index is 0.109. The van der Waals surface area contributed by atoms with E-state index in [4.69, 9.17) is 29.1 Å². The number of oxazole rings is 2. The van der Waals surface area contributed by atoms with Gasteiger partial charge in [0, 0.05) is 23.2 Å². The number of aliphatic imine (C=N–C) groups is 2. The Hall–Kier alpha value is -6.48. The van der Waals surface area contributed by atoms with E-state index in [2.05, 4.69) is 39.1 Å². The van der Waals surface area contributed by atoms with E-state index in [1.54, 1.807) is 39.0 Å². The van der Waals surface area contributed by atoms with Gasteiger partial charge in [-0.15, -0.1) is 0 Å². The van der Waals surface area contributed by atoms with Crippen molar-refractivity contribution >= 4 is 46.4 Å². The third kappa shape index (κ3) is 14.8. The van der Waals surface area contributed by atoms with Gasteiger partial charge in [-0.1, -0.05) is 52.0 Å². The summed E-state index contributed by atoms with van der Waals surface area (Å²) in [5.74, 6) is -1.78. The number of benzene rings is 2. The van der Waals surface area contributed by atoms with Crippen LogP contribution in [-0.4, -0.2) is 86.7 Å². The van der Waals surface area contributed by atoms with E-state index in [9.17, 15) is 19.2 Å². The first-order chi connectivity index (χ1) is 29.7. The third-order valence-corrected chi connectivity index (χ3v) is 9.45. The Morgan fingerprint density at radius 2 is 1.10 bits per heavy atom. The monoisotopic (exact) mass is 864 g/mol. The zero-order valence-corrected chi connectivity index (χ0v) is 37.9. The Bertz CT molecular complexity index is 2360. The molecule has 4 aromatic rings. The molecule has 0 fully saturated rings. The largest absolute Gasteiger partial charge is 0.475 e. The van der Waals surface area contributed by atoms with Crippen molar-refractivity contribution in [3.63, 3.8) is 0 Å². The Kier molecular flexibility index (Phi) is 17.2. The van der Waals surface area contributed by atoms with Gasteiger partial charge in [-0.05, 0) is 126 Å². The van der Waals surface area contributed by atoms with Gasteiger partial charge in [-0.25, -0.2) is 24.4 Å². The maximum absolute atomic E-state index is 12.4. The van der Waals surface area contributed by atoms with Crippen molar-refractivity contribution in [3.8, 4) is 22.9 Å². The van der Waals surface area contributed by atoms with Gasteiger partial charge >= 0.3 is 17.9 Å². The average Bonchev–Trinajstić information content (AvgIpc) is 4.09. The van der Waals surface area contributed by atoms with Gasteiger partial charge in [-0.2, -0.15) is 0 Å². The van der Waals surface area contributed by atoms with Gasteiger partial charge in [0.2, 0.25) is 23.3 Å². The molecule has 336 valence electrons. The lowest BCUT2D eigenvalue weighted by molar-refractivity contribution is -0.147. The van der Waals surface area contributed by atoms with Crippen LogP contribution in [0.4, 0.5) is 0 Å². The normalized spacial score (nSPS) is 13.5. The molecule has 0 aliphatic carbocycles. The molecule has 0 unspecified atom stereocenters. The van der Waals surface area contributed by atoms with Crippen molar-refractivity contribution in [2.45, 2.75) is 118 Å². The molecule has 4 N–H and O–H groups in total. The van der Waals surface area contributed by atoms with Crippen LogP contribution in [0.5, 0.6) is 0 Å². The fourth-order valence-corrected chi connectivity index (χ4v) is 5.87. The smallest absolute Gasteiger partial charge is 0.373 e. The highest BCUT2D eigenvalue weighted by molar-refractivity contribution is 6.44. The second kappa shape index (κ2) is 22.0. The molecule has 4 heterocycles. The van der Waals surface area contributed by atoms with Gasteiger partial charge in [0.1, 0.15) is 22.6 Å². The molecule has 2 aliphatic heterocycles. The predicted molar refractivity (Wildman–Crippen MR) is 243 cm³/mol. The van der Waals surface area contributed by atoms with Crippen molar-refractivity contribution in [2.75, 3.05) is 13.1 Å². The van der Waals surface area contributed by atoms with Gasteiger partial charge in [-0.3, -0.25) is 14.8 Å². The molecule has 63 heavy (non-hydrogen) atoms. The molecule has 0 bridgehead atoms. The van der Waals surface area contributed by atoms with E-state index in [1.165, 1.54) is 12.4 Å². The highest BCUT2D eigenvalue weighted by Gasteiger charge is 2.25. The molecule has 15 heteroatoms. The lowest BCUT2D eigenvalue weighted by Crippen LogP contribution is -2.33. The molecule has 0 radical (unpaired) electrons. The van der Waals surface area contributed by atoms with Crippen molar-refractivity contribution in [1.82, 2.24) is 15.3 Å². The number of hydrogen-bond acceptors (Lipinski definition) is 13. The molecule has 0 saturated carbocycles. The van der Waals surface area contributed by atoms with Crippen LogP contribution >= 0.6 is 0 Å². The Labute approximate surface area is 369 Å². The van der Waals surface area contributed by atoms with Crippen LogP contribution in [0.3, 0.4) is 0 Å². The first kappa shape index (κ1) is 49.2. The quantitative estimate of drug-likeness (QED) is 0.107. The van der Waals surface area contributed by atoms with Gasteiger partial charge in [0.05, 0.1) is 25.5 Å². The van der Waals surface area contributed by atoms with Crippen LogP contribution in [0.15, 0.2) is 91.9 Å². The molecule has 6 rings (SSSR count). The summed E-state index contributed by atoms with van der Waals surface area (Å²) >= 11 is 0. The van der Waals surface area contributed by atoms with Crippen molar-refractivity contribution in [1.29, 1.82) is 0 Å². The van der Waals surface area contributed by atoms with Crippen LogP contribution < -0.4 is 11.1 Å². The topological polar surface area (TPSA) is 222 Å². The Morgan fingerprint density at radius 3 is 1.46 bits per heavy atom. The number of carboxylic acid groups (broad SMARTS) is 1. The maximum atomic E-state index is 12.4. The molecule has 2 aliphatic rings. The summed E-state index contributed by atoms with van der Waals surface area (Å²) in [6.45, 7) is 19.9. The fourth-order valence-electron chi connectivity index (χ4n) is 5.87. The summed E-state index contributed by atoms with van der Waals surface area (Å²) in [5.41, 5.74) is 9.81. The number of aromatic nitrogens is 2. The van der Waals surface area contributed by atoms with Crippen molar-refractivity contribution in [2.24, 2.45) is 15.7 Å². The number of amides is 1. The van der Waals surface area contributed by atoms with Crippen molar-refractivity contribution in [3.05, 3.63) is 95.7 Å². The van der Waals surface area contributed by atoms with E-state index >= 15 is 0 Å². The van der Waals surface area contributed by atoms with Crippen LogP contribution in [0.25, 0.3) is 34.1 Å². The van der Waals surface area contributed by atoms with Gasteiger partial charge in [0.25, 0.3) is 5.91 Å². The molecule has 15 nitrogen and oxygen atoms in total. The summed E-state index contributed by atoms with van der Waals surface area (Å²) < 4.78 is 21.7. The molecule has 0 spiro atoms. The summed E-state index contributed by atoms with van der Waals surface area (Å²) in [7, 11) is 0. The zero-order chi connectivity index (χ0) is 46.5. The second-order valence-electron chi connectivity index (χ2n) is 16.8. The average molecular weight is 865 g/mol. The lowest BCUT2D eigenvalue weighted by atomic mass is 10.0. The molecule has 2 aromatic heterocycles. The fraction of sp³-hybridized carbons (Fsp3) is 0.417. The molecular formula is C48H60N6O9. The summed E-state index contributed by atoms with van der Waals surface area (Å²) in [6.07, 6.45) is 9.98. The standard InChI is InChI=1S/C24H29N3O4.C19H18N2O5.C5H13N/c1-6-18(7-2)27-21(28)20-14-26-22(30-20)16-10-8-9-15(11-16)17-12-19(25-13-17)23(29)31-24(3,4)5;1-19(2,3)26-18(24)14-8-13(9-20-14)11-5-4-6-12(7-11)16-21-10-15(25-16)17(22)23;1-3-5(6)4-2/h8-12,14,18H,6-7,13H2,1-5H3,(H,27,28);4-8,10H,9H2,1-3H3,(H,22,23);5H,3-4,6H2,1-2H3. The highest BCUT2D eigenvalue weighted by atomic mass is 16.6. The highest BCUT2D eigenvalue weighted by Crippen LogP contribution is 2.28. The number of nitrogens with one attached hydrogen (secondary N) is 1. The molecule has 0 atom stereocenters. The molecule has 2 aromatic carbocycles. The maximum Gasteiger partial charge on any atom is 0.373 e. The van der Waals surface area contributed by atoms with E-state index in [1.807, 2.05) is 77.1 Å². The number of esters is 2. The summed E-state index contributed by atoms with van der Waals surface area (Å²) in [5, 5.41) is 11.9. The number of ether oxygens (including phenoxy) is 2. The van der Waals surface area contributed by atoms with Crippen molar-refractivity contribution < 1.29 is 42.6 Å². The molecule has 1 amide bonds. The molecular weight excluding hydrogens is 805 g/mol. The first-order valence-corrected chi connectivity index (χ1v) is 21.1. The summed E-state index contributed by atoms with van der Waals surface area (Å²) in [6, 6.07) is 15.4. The Morgan fingerprint density at radius 1 is 0.683 bits per heavy atom.